The Labute approximate surface area is 228 Å². The van der Waals surface area contributed by atoms with Crippen molar-refractivity contribution in [2.24, 2.45) is 0 Å². The average Bonchev–Trinajstić information content (AvgIpc) is 3.22. The minimum Gasteiger partial charge on any atom is -0.406 e. The summed E-state index contributed by atoms with van der Waals surface area (Å²) in [5.41, 5.74) is 3.09. The summed E-state index contributed by atoms with van der Waals surface area (Å²) in [6.07, 6.45) is -6.26. The highest BCUT2D eigenvalue weighted by molar-refractivity contribution is 5.68. The molecule has 0 radical (unpaired) electrons. The number of aliphatic hydroxyl groups excluding tert-OH is 1. The molecule has 214 valence electrons. The molecule has 1 saturated heterocycles. The number of ether oxygens (including phenoxy) is 1. The van der Waals surface area contributed by atoms with Crippen LogP contribution in [-0.2, 0) is 11.8 Å². The smallest absolute Gasteiger partial charge is 0.406 e. The van der Waals surface area contributed by atoms with Gasteiger partial charge in [-0.05, 0) is 53.4 Å². The molecule has 3 aromatic carbocycles. The Morgan fingerprint density at radius 1 is 0.925 bits per heavy atom. The standard InChI is InChI=1S/C30H30F6N2O2/c31-18-24(39)19-38-20-28(26-9-1-2-10-27(26)38,17-21-5-3-8-25(15-21)40-30(34,35)36)22-6-4-7-23(16-22)37-13-11-29(32,33)12-14-37/h1-10,15-16,24,39H,11-14,17-20H2/t24-,28?/m0/s1. The number of hydrogen-bond acceptors (Lipinski definition) is 4. The highest BCUT2D eigenvalue weighted by atomic mass is 19.4. The molecule has 2 atom stereocenters. The number of para-hydroxylation sites is 1. The summed E-state index contributed by atoms with van der Waals surface area (Å²) in [6.45, 7) is -0.155. The number of rotatable bonds is 8. The number of aliphatic hydroxyl groups is 1. The Morgan fingerprint density at radius 2 is 1.65 bits per heavy atom. The number of benzene rings is 3. The molecule has 3 aromatic rings. The molecular formula is C30H30F6N2O2. The van der Waals surface area contributed by atoms with Crippen molar-refractivity contribution >= 4 is 11.4 Å². The quantitative estimate of drug-likeness (QED) is 0.317. The number of halogens is 6. The molecule has 0 bridgehead atoms. The maximum atomic E-state index is 13.8. The second-order valence-corrected chi connectivity index (χ2v) is 10.6. The molecule has 0 spiro atoms. The van der Waals surface area contributed by atoms with E-state index in [1.807, 2.05) is 58.3 Å². The van der Waals surface area contributed by atoms with Crippen LogP contribution < -0.4 is 14.5 Å². The molecule has 2 aliphatic heterocycles. The molecule has 1 unspecified atom stereocenters. The van der Waals surface area contributed by atoms with Gasteiger partial charge in [-0.1, -0.05) is 42.5 Å². The van der Waals surface area contributed by atoms with Crippen molar-refractivity contribution in [2.45, 2.75) is 43.1 Å². The molecule has 0 aromatic heterocycles. The fraction of sp³-hybridized carbons (Fsp3) is 0.400. The van der Waals surface area contributed by atoms with Gasteiger partial charge in [-0.3, -0.25) is 0 Å². The number of anilines is 2. The molecule has 10 heteroatoms. The van der Waals surface area contributed by atoms with Crippen LogP contribution >= 0.6 is 0 Å². The fourth-order valence-electron chi connectivity index (χ4n) is 5.91. The molecule has 5 rings (SSSR count). The molecular weight excluding hydrogens is 534 g/mol. The Kier molecular flexibility index (Phi) is 7.65. The van der Waals surface area contributed by atoms with Gasteiger partial charge >= 0.3 is 6.36 Å². The van der Waals surface area contributed by atoms with Crippen molar-refractivity contribution in [2.75, 3.05) is 42.7 Å². The molecule has 0 aliphatic carbocycles. The zero-order valence-corrected chi connectivity index (χ0v) is 21.7. The lowest BCUT2D eigenvalue weighted by Crippen LogP contribution is -2.41. The summed E-state index contributed by atoms with van der Waals surface area (Å²) in [5.74, 6) is -3.03. The van der Waals surface area contributed by atoms with E-state index in [1.165, 1.54) is 18.2 Å². The Hall–Kier alpha value is -3.40. The first-order valence-corrected chi connectivity index (χ1v) is 13.1. The minimum atomic E-state index is -4.84. The van der Waals surface area contributed by atoms with E-state index in [0.717, 1.165) is 22.5 Å². The highest BCUT2D eigenvalue weighted by Crippen LogP contribution is 2.48. The van der Waals surface area contributed by atoms with Crippen molar-refractivity contribution in [3.05, 3.63) is 89.5 Å². The summed E-state index contributed by atoms with van der Waals surface area (Å²) >= 11 is 0. The van der Waals surface area contributed by atoms with E-state index in [0.29, 0.717) is 12.1 Å². The third-order valence-corrected chi connectivity index (χ3v) is 7.73. The first kappa shape index (κ1) is 28.1. The lowest BCUT2D eigenvalue weighted by Gasteiger charge is -2.36. The number of alkyl halides is 6. The maximum Gasteiger partial charge on any atom is 0.573 e. The van der Waals surface area contributed by atoms with Crippen LogP contribution in [0.4, 0.5) is 37.7 Å². The van der Waals surface area contributed by atoms with Crippen LogP contribution in [0.1, 0.15) is 29.5 Å². The van der Waals surface area contributed by atoms with Crippen molar-refractivity contribution in [1.82, 2.24) is 0 Å². The largest absolute Gasteiger partial charge is 0.573 e. The summed E-state index contributed by atoms with van der Waals surface area (Å²) in [6, 6.07) is 20.9. The van der Waals surface area contributed by atoms with Crippen LogP contribution in [0.5, 0.6) is 5.75 Å². The number of piperidine rings is 1. The van der Waals surface area contributed by atoms with Gasteiger partial charge in [0.2, 0.25) is 0 Å². The molecule has 1 fully saturated rings. The van der Waals surface area contributed by atoms with E-state index >= 15 is 0 Å². The lowest BCUT2D eigenvalue weighted by atomic mass is 9.71. The number of hydrogen-bond donors (Lipinski definition) is 1. The summed E-state index contributed by atoms with van der Waals surface area (Å²) < 4.78 is 84.0. The molecule has 40 heavy (non-hydrogen) atoms. The Bertz CT molecular complexity index is 1320. The van der Waals surface area contributed by atoms with Gasteiger partial charge in [0, 0.05) is 55.8 Å². The van der Waals surface area contributed by atoms with Crippen LogP contribution in [0.15, 0.2) is 72.8 Å². The normalized spacial score (nSPS) is 21.3. The number of fused-ring (bicyclic) bond motifs is 1. The van der Waals surface area contributed by atoms with Crippen LogP contribution in [0.25, 0.3) is 0 Å². The Balaban J connectivity index is 1.58. The second kappa shape index (κ2) is 10.9. The SMILES string of the molecule is O[C@@H](CF)CN1CC(Cc2cccc(OC(F)(F)F)c2)(c2cccc(N3CCC(F)(F)CC3)c2)c2ccccc21. The maximum absolute atomic E-state index is 13.8. The first-order chi connectivity index (χ1) is 19.0. The summed E-state index contributed by atoms with van der Waals surface area (Å²) in [4.78, 5) is 3.81. The van der Waals surface area contributed by atoms with Crippen LogP contribution in [0.3, 0.4) is 0 Å². The first-order valence-electron chi connectivity index (χ1n) is 13.1. The van der Waals surface area contributed by atoms with Gasteiger partial charge in [0.1, 0.15) is 12.4 Å². The van der Waals surface area contributed by atoms with E-state index in [4.69, 9.17) is 0 Å². The topological polar surface area (TPSA) is 35.9 Å². The third-order valence-electron chi connectivity index (χ3n) is 7.73. The van der Waals surface area contributed by atoms with Gasteiger partial charge in [0.25, 0.3) is 5.92 Å². The number of β-amino-alcohol motifs (C(OH)–C–C–N with tert-alkyl or cyclic N) is 1. The lowest BCUT2D eigenvalue weighted by molar-refractivity contribution is -0.274. The van der Waals surface area contributed by atoms with E-state index in [-0.39, 0.29) is 44.6 Å². The second-order valence-electron chi connectivity index (χ2n) is 10.6. The number of nitrogens with zero attached hydrogens (tertiary/aromatic N) is 2. The average molecular weight is 565 g/mol. The van der Waals surface area contributed by atoms with Crippen molar-refractivity contribution < 1.29 is 36.2 Å². The van der Waals surface area contributed by atoms with Gasteiger partial charge in [-0.2, -0.15) is 0 Å². The molecule has 2 heterocycles. The third kappa shape index (κ3) is 6.01. The monoisotopic (exact) mass is 564 g/mol. The van der Waals surface area contributed by atoms with E-state index in [2.05, 4.69) is 4.74 Å². The van der Waals surface area contributed by atoms with E-state index in [9.17, 15) is 31.4 Å². The predicted molar refractivity (Wildman–Crippen MR) is 141 cm³/mol. The van der Waals surface area contributed by atoms with Gasteiger partial charge in [0.15, 0.2) is 0 Å². The summed E-state index contributed by atoms with van der Waals surface area (Å²) in [7, 11) is 0. The van der Waals surface area contributed by atoms with Gasteiger partial charge in [0.05, 0.1) is 6.10 Å². The van der Waals surface area contributed by atoms with Crippen LogP contribution in [0, 0.1) is 0 Å². The van der Waals surface area contributed by atoms with E-state index < -0.39 is 30.5 Å². The van der Waals surface area contributed by atoms with Gasteiger partial charge in [-0.15, -0.1) is 13.2 Å². The van der Waals surface area contributed by atoms with Crippen molar-refractivity contribution in [3.63, 3.8) is 0 Å². The van der Waals surface area contributed by atoms with Crippen LogP contribution in [0.2, 0.25) is 0 Å². The van der Waals surface area contributed by atoms with Crippen molar-refractivity contribution in [3.8, 4) is 5.75 Å². The molecule has 0 amide bonds. The summed E-state index contributed by atoms with van der Waals surface area (Å²) in [5, 5.41) is 10.2. The van der Waals surface area contributed by atoms with Crippen molar-refractivity contribution in [1.29, 1.82) is 0 Å². The molecule has 2 aliphatic rings. The predicted octanol–water partition coefficient (Wildman–Crippen LogP) is 6.50. The minimum absolute atomic E-state index is 0.0351. The van der Waals surface area contributed by atoms with Gasteiger partial charge in [-0.25, -0.2) is 13.2 Å². The molecule has 1 N–H and O–H groups in total. The zero-order chi connectivity index (χ0) is 28.5. The highest BCUT2D eigenvalue weighted by Gasteiger charge is 2.45. The van der Waals surface area contributed by atoms with E-state index in [1.54, 1.807) is 6.07 Å². The fourth-order valence-corrected chi connectivity index (χ4v) is 5.91. The Morgan fingerprint density at radius 3 is 2.38 bits per heavy atom. The molecule has 4 nitrogen and oxygen atoms in total. The van der Waals surface area contributed by atoms with Gasteiger partial charge < -0.3 is 19.6 Å². The molecule has 0 saturated carbocycles. The van der Waals surface area contributed by atoms with Crippen LogP contribution in [-0.4, -0.2) is 56.3 Å². The zero-order valence-electron chi connectivity index (χ0n) is 21.7.